The number of aromatic amines is 1. The van der Waals surface area contributed by atoms with Crippen LogP contribution in [0.25, 0.3) is 0 Å². The van der Waals surface area contributed by atoms with Crippen LogP contribution in [0, 0.1) is 11.6 Å². The van der Waals surface area contributed by atoms with E-state index < -0.39 is 29.5 Å². The van der Waals surface area contributed by atoms with Gasteiger partial charge in [0, 0.05) is 6.42 Å². The van der Waals surface area contributed by atoms with Gasteiger partial charge in [-0.2, -0.15) is 0 Å². The molecule has 1 aromatic heterocycles. The van der Waals surface area contributed by atoms with Crippen LogP contribution in [-0.4, -0.2) is 52.1 Å². The van der Waals surface area contributed by atoms with Crippen molar-refractivity contribution in [1.82, 2.24) is 20.6 Å². The maximum atomic E-state index is 13.0. The molecule has 0 atom stereocenters. The molecule has 0 unspecified atom stereocenters. The molecule has 0 aliphatic rings. The average Bonchev–Trinajstić information content (AvgIpc) is 3.32. The van der Waals surface area contributed by atoms with Crippen LogP contribution in [0.1, 0.15) is 41.4 Å². The second-order valence-corrected chi connectivity index (χ2v) is 7.19. The van der Waals surface area contributed by atoms with Gasteiger partial charge in [-0.25, -0.2) is 28.8 Å². The van der Waals surface area contributed by atoms with Gasteiger partial charge in [-0.1, -0.05) is 24.3 Å². The number of benzene rings is 2. The van der Waals surface area contributed by atoms with Crippen LogP contribution >= 0.6 is 0 Å². The highest BCUT2D eigenvalue weighted by molar-refractivity contribution is 6.34. The Morgan fingerprint density at radius 3 is 2.24 bits per heavy atom. The number of amides is 1. The van der Waals surface area contributed by atoms with E-state index in [1.54, 1.807) is 32.0 Å². The van der Waals surface area contributed by atoms with E-state index in [0.717, 1.165) is 5.56 Å². The minimum Gasteiger partial charge on any atom is -0.460 e. The number of nitrogens with one attached hydrogen (secondary N) is 2. The van der Waals surface area contributed by atoms with E-state index in [1.807, 2.05) is 0 Å². The first kappa shape index (κ1) is 28.6. The predicted molar refractivity (Wildman–Crippen MR) is 128 cm³/mol. The summed E-state index contributed by atoms with van der Waals surface area (Å²) in [6.45, 7) is 3.75. The highest BCUT2D eigenvalue weighted by Crippen LogP contribution is 2.08. The Hall–Kier alpha value is -4.68. The minimum atomic E-state index is -0.812. The van der Waals surface area contributed by atoms with Gasteiger partial charge in [-0.3, -0.25) is 9.89 Å². The molecule has 0 fully saturated rings. The van der Waals surface area contributed by atoms with Gasteiger partial charge in [0.05, 0.1) is 19.6 Å². The summed E-state index contributed by atoms with van der Waals surface area (Å²) in [5.74, 6) is -2.61. The molecular formula is C24H26F2N6O5. The summed E-state index contributed by atoms with van der Waals surface area (Å²) in [6.07, 6.45) is 0.307. The quantitative estimate of drug-likeness (QED) is 0.177. The second-order valence-electron chi connectivity index (χ2n) is 7.19. The summed E-state index contributed by atoms with van der Waals surface area (Å²) in [5, 5.41) is 9.77. The third-order valence-electron chi connectivity index (χ3n) is 4.29. The Morgan fingerprint density at radius 2 is 1.62 bits per heavy atom. The number of carbonyl (C=O) groups excluding carboxylic acids is 3. The fourth-order valence-corrected chi connectivity index (χ4v) is 2.75. The number of carbonyl (C=O) groups is 3. The third-order valence-corrected chi connectivity index (χ3v) is 4.29. The summed E-state index contributed by atoms with van der Waals surface area (Å²) in [4.78, 5) is 37.9. The predicted octanol–water partition coefficient (Wildman–Crippen LogP) is 2.03. The Balaban J connectivity index is 0.000000260. The lowest BCUT2D eigenvalue weighted by atomic mass is 10.1. The van der Waals surface area contributed by atoms with E-state index in [9.17, 15) is 23.2 Å². The molecule has 4 N–H and O–H groups in total. The number of H-pyrrole nitrogens is 1. The van der Waals surface area contributed by atoms with E-state index in [1.165, 1.54) is 30.3 Å². The van der Waals surface area contributed by atoms with Gasteiger partial charge >= 0.3 is 11.9 Å². The normalized spacial score (nSPS) is 10.6. The lowest BCUT2D eigenvalue weighted by Gasteiger charge is -2.02. The van der Waals surface area contributed by atoms with Crippen molar-refractivity contribution in [3.63, 3.8) is 0 Å². The molecule has 37 heavy (non-hydrogen) atoms. The zero-order valence-electron chi connectivity index (χ0n) is 20.2. The van der Waals surface area contributed by atoms with Gasteiger partial charge in [0.25, 0.3) is 5.82 Å². The largest absolute Gasteiger partial charge is 0.460 e. The maximum absolute atomic E-state index is 13.0. The SMILES string of the molecule is CCOC(=O)C(N)=NNC(=O)Cc1cccc(F)c1.CCOC(=O)c1n[nH]c(Cc2cccc(F)c2)n1. The molecule has 1 heterocycles. The van der Waals surface area contributed by atoms with Crippen molar-refractivity contribution < 1.29 is 32.6 Å². The van der Waals surface area contributed by atoms with Crippen LogP contribution in [0.5, 0.6) is 0 Å². The van der Waals surface area contributed by atoms with Crippen molar-refractivity contribution in [3.05, 3.63) is 82.9 Å². The molecule has 0 spiro atoms. The first-order chi connectivity index (χ1) is 17.7. The maximum Gasteiger partial charge on any atom is 0.378 e. The molecule has 0 radical (unpaired) electrons. The van der Waals surface area contributed by atoms with Crippen LogP contribution in [-0.2, 0) is 31.9 Å². The Kier molecular flexibility index (Phi) is 11.3. The monoisotopic (exact) mass is 516 g/mol. The number of esters is 2. The smallest absolute Gasteiger partial charge is 0.378 e. The minimum absolute atomic E-state index is 0.0109. The summed E-state index contributed by atoms with van der Waals surface area (Å²) >= 11 is 0. The van der Waals surface area contributed by atoms with E-state index in [-0.39, 0.29) is 31.3 Å². The Bertz CT molecular complexity index is 1250. The summed E-state index contributed by atoms with van der Waals surface area (Å²) in [7, 11) is 0. The zero-order valence-corrected chi connectivity index (χ0v) is 20.2. The van der Waals surface area contributed by atoms with E-state index in [0.29, 0.717) is 17.8 Å². The fraction of sp³-hybridized carbons (Fsp3) is 0.250. The van der Waals surface area contributed by atoms with Gasteiger partial charge in [0.2, 0.25) is 11.7 Å². The van der Waals surface area contributed by atoms with Gasteiger partial charge in [0.15, 0.2) is 0 Å². The van der Waals surface area contributed by atoms with Crippen LogP contribution in [0.15, 0.2) is 53.6 Å². The van der Waals surface area contributed by atoms with Crippen molar-refractivity contribution in [3.8, 4) is 0 Å². The molecule has 0 saturated heterocycles. The number of nitrogens with two attached hydrogens (primary N) is 1. The van der Waals surface area contributed by atoms with Gasteiger partial charge in [-0.05, 0) is 49.2 Å². The number of hydrogen-bond acceptors (Lipinski definition) is 8. The summed E-state index contributed by atoms with van der Waals surface area (Å²) in [6, 6.07) is 11.8. The van der Waals surface area contributed by atoms with Crippen molar-refractivity contribution >= 4 is 23.7 Å². The van der Waals surface area contributed by atoms with Gasteiger partial charge in [-0.15, -0.1) is 10.2 Å². The number of hydrogen-bond donors (Lipinski definition) is 3. The van der Waals surface area contributed by atoms with Gasteiger partial charge in [0.1, 0.15) is 17.5 Å². The van der Waals surface area contributed by atoms with Crippen LogP contribution in [0.4, 0.5) is 8.78 Å². The molecule has 1 amide bonds. The third kappa shape index (κ3) is 10.2. The number of amidine groups is 1. The Labute approximate surface area is 211 Å². The number of aromatic nitrogens is 3. The highest BCUT2D eigenvalue weighted by atomic mass is 19.1. The molecule has 0 saturated carbocycles. The summed E-state index contributed by atoms with van der Waals surface area (Å²) in [5.41, 5.74) is 8.60. The fourth-order valence-electron chi connectivity index (χ4n) is 2.75. The first-order valence-electron chi connectivity index (χ1n) is 11.1. The number of ether oxygens (including phenoxy) is 2. The molecule has 2 aromatic carbocycles. The molecule has 3 aromatic rings. The number of rotatable bonds is 8. The molecule has 0 aliphatic heterocycles. The highest BCUT2D eigenvalue weighted by Gasteiger charge is 2.13. The molecule has 11 nitrogen and oxygen atoms in total. The van der Waals surface area contributed by atoms with E-state index in [4.69, 9.17) is 10.5 Å². The number of halogens is 2. The molecular weight excluding hydrogens is 490 g/mol. The topological polar surface area (TPSA) is 162 Å². The van der Waals surface area contributed by atoms with Crippen LogP contribution in [0.3, 0.4) is 0 Å². The lowest BCUT2D eigenvalue weighted by molar-refractivity contribution is -0.135. The van der Waals surface area contributed by atoms with E-state index in [2.05, 4.69) is 30.4 Å². The molecule has 0 bridgehead atoms. The van der Waals surface area contributed by atoms with Crippen molar-refractivity contribution in [2.45, 2.75) is 26.7 Å². The standard InChI is InChI=1S/C12H14FN3O3.C12H12FN3O2/c1-2-19-12(18)11(14)16-15-10(17)7-8-4-3-5-9(13)6-8;1-2-18-12(17)11-14-10(15-16-11)7-8-4-3-5-9(13)6-8/h3-6H,2,7H2,1H3,(H2,14,16)(H,15,17);3-6H,2,7H2,1H3,(H,14,15,16). The van der Waals surface area contributed by atoms with E-state index >= 15 is 0 Å². The first-order valence-corrected chi connectivity index (χ1v) is 11.1. The summed E-state index contributed by atoms with van der Waals surface area (Å²) < 4.78 is 35.2. The molecule has 3 rings (SSSR count). The van der Waals surface area contributed by atoms with Crippen LogP contribution < -0.4 is 11.2 Å². The number of nitrogens with zero attached hydrogens (tertiary/aromatic N) is 3. The molecule has 0 aliphatic carbocycles. The van der Waals surface area contributed by atoms with Crippen molar-refractivity contribution in [2.75, 3.05) is 13.2 Å². The second kappa shape index (κ2) is 14.7. The Morgan fingerprint density at radius 1 is 1.00 bits per heavy atom. The molecule has 196 valence electrons. The zero-order chi connectivity index (χ0) is 27.2. The van der Waals surface area contributed by atoms with Crippen molar-refractivity contribution in [2.24, 2.45) is 10.8 Å². The molecule has 13 heteroatoms. The lowest BCUT2D eigenvalue weighted by Crippen LogP contribution is -2.31. The van der Waals surface area contributed by atoms with Gasteiger partial charge < -0.3 is 15.2 Å². The van der Waals surface area contributed by atoms with Crippen molar-refractivity contribution in [1.29, 1.82) is 0 Å². The average molecular weight is 517 g/mol. The van der Waals surface area contributed by atoms with Crippen LogP contribution in [0.2, 0.25) is 0 Å². The number of hydrazone groups is 1.